The molecule has 8 aliphatic carbocycles. The largest absolute Gasteiger partial charge is 0.369 e. The molecular weight excluding hydrogens is 947 g/mol. The van der Waals surface area contributed by atoms with Crippen LogP contribution in [0, 0.1) is 51.4 Å². The molecule has 12 rings (SSSR count). The third-order valence-corrected chi connectivity index (χ3v) is 14.1. The van der Waals surface area contributed by atoms with Gasteiger partial charge in [-0.25, -0.2) is 0 Å². The minimum Gasteiger partial charge on any atom is -0.369 e. The molecule has 0 aliphatic heterocycles. The zero-order valence-corrected chi connectivity index (χ0v) is 40.9. The van der Waals surface area contributed by atoms with E-state index in [0.717, 1.165) is 0 Å². The Morgan fingerprint density at radius 1 is 0.479 bits per heavy atom. The lowest BCUT2D eigenvalue weighted by molar-refractivity contribution is -0.121. The third kappa shape index (κ3) is 9.93. The van der Waals surface area contributed by atoms with Crippen molar-refractivity contribution in [2.75, 3.05) is 0 Å². The third-order valence-electron chi connectivity index (χ3n) is 13.1. The summed E-state index contributed by atoms with van der Waals surface area (Å²) in [6, 6.07) is 7.94. The van der Waals surface area contributed by atoms with Crippen molar-refractivity contribution >= 4 is 80.7 Å². The highest BCUT2D eigenvalue weighted by Gasteiger charge is 2.37. The van der Waals surface area contributed by atoms with Crippen molar-refractivity contribution < 1.29 is 57.6 Å². The number of carbonyl (C=O) groups excluding carboxylic acids is 4. The summed E-state index contributed by atoms with van der Waals surface area (Å²) < 4.78 is 229. The van der Waals surface area contributed by atoms with Gasteiger partial charge in [0.25, 0.3) is 0 Å². The number of amides is 4. The summed E-state index contributed by atoms with van der Waals surface area (Å²) in [5.74, 6) is -10.6. The molecular formula is C60H65Cl3N4O4. The summed E-state index contributed by atoms with van der Waals surface area (Å²) in [5, 5.41) is 0.441. The molecule has 4 aromatic carbocycles. The highest BCUT2D eigenvalue weighted by Crippen LogP contribution is 2.49. The highest BCUT2D eigenvalue weighted by atomic mass is 35.5. The number of nitrogens with two attached hydrogens (primary N) is 4. The minimum absolute atomic E-state index is 0.0236. The van der Waals surface area contributed by atoms with Crippen LogP contribution in [0.3, 0.4) is 0 Å². The van der Waals surface area contributed by atoms with Gasteiger partial charge in [-0.1, -0.05) is 70.7 Å². The smallest absolute Gasteiger partial charge is 0.224 e. The Kier molecular flexibility index (Phi) is 7.69. The number of rotatable bonds is 4. The van der Waals surface area contributed by atoms with Crippen LogP contribution in [-0.2, 0) is 44.9 Å². The van der Waals surface area contributed by atoms with Gasteiger partial charge in [0.15, 0.2) is 0 Å². The Bertz CT molecular complexity index is 4440. The molecule has 71 heavy (non-hydrogen) atoms. The monoisotopic (exact) mass is 1040 g/mol. The van der Waals surface area contributed by atoms with E-state index in [0.29, 0.717) is 44.5 Å². The molecule has 0 heterocycles. The number of aryl methyl sites for hydroxylation is 3. The molecule has 4 unspecified atom stereocenters. The summed E-state index contributed by atoms with van der Waals surface area (Å²) in [5.41, 5.74) is 26.7. The van der Waals surface area contributed by atoms with Gasteiger partial charge < -0.3 is 22.9 Å². The summed E-state index contributed by atoms with van der Waals surface area (Å²) in [7, 11) is 0. The van der Waals surface area contributed by atoms with Crippen molar-refractivity contribution in [2.24, 2.45) is 46.6 Å². The average Bonchev–Trinajstić information content (AvgIpc) is 1.66. The normalized spacial score (nSPS) is 36.2. The van der Waals surface area contributed by atoms with Gasteiger partial charge in [-0.05, 0) is 260 Å². The number of primary amides is 4. The topological polar surface area (TPSA) is 172 Å². The number of hydrogen-bond donors (Lipinski definition) is 4. The van der Waals surface area contributed by atoms with Gasteiger partial charge >= 0.3 is 0 Å². The molecule has 0 spiro atoms. The van der Waals surface area contributed by atoms with Crippen LogP contribution in [0.15, 0.2) is 76.8 Å². The first-order valence-corrected chi connectivity index (χ1v) is 23.4. The van der Waals surface area contributed by atoms with Gasteiger partial charge in [0.05, 0.1) is 29.2 Å². The van der Waals surface area contributed by atoms with Crippen LogP contribution >= 0.6 is 34.8 Å². The van der Waals surface area contributed by atoms with Crippen LogP contribution in [0.4, 0.5) is 0 Å². The number of benzene rings is 4. The second-order valence-corrected chi connectivity index (χ2v) is 18.9. The van der Waals surface area contributed by atoms with Crippen molar-refractivity contribution in [2.45, 2.75) is 130 Å². The predicted molar refractivity (Wildman–Crippen MR) is 288 cm³/mol. The van der Waals surface area contributed by atoms with Crippen LogP contribution in [0.1, 0.15) is 182 Å². The predicted octanol–water partition coefficient (Wildman–Crippen LogP) is 12.3. The molecule has 0 saturated carbocycles. The maximum atomic E-state index is 12.0. The summed E-state index contributed by atoms with van der Waals surface area (Å²) in [6.07, 6.45) is -34.1. The Morgan fingerprint density at radius 3 is 1.45 bits per heavy atom. The molecule has 0 bridgehead atoms. The van der Waals surface area contributed by atoms with E-state index in [1.807, 2.05) is 0 Å². The van der Waals surface area contributed by atoms with E-state index in [1.165, 1.54) is 6.07 Å². The first-order chi connectivity index (χ1) is 44.6. The summed E-state index contributed by atoms with van der Waals surface area (Å²) >= 11 is 18.3. The number of allylic oxidation sites excluding steroid dienone is 4. The molecule has 370 valence electrons. The Labute approximate surface area is 472 Å². The van der Waals surface area contributed by atoms with Crippen molar-refractivity contribution in [3.05, 3.63) is 159 Å². The van der Waals surface area contributed by atoms with Crippen LogP contribution in [0.25, 0.3) is 22.3 Å². The van der Waals surface area contributed by atoms with Crippen molar-refractivity contribution in [1.82, 2.24) is 0 Å². The van der Waals surface area contributed by atoms with E-state index in [4.69, 9.17) is 96.1 Å². The molecule has 11 heteroatoms. The second-order valence-electron chi connectivity index (χ2n) is 17.7. The summed E-state index contributed by atoms with van der Waals surface area (Å²) in [6.45, 7) is 6.75. The van der Waals surface area contributed by atoms with Crippen LogP contribution in [-0.4, -0.2) is 23.6 Å². The van der Waals surface area contributed by atoms with Crippen molar-refractivity contribution in [3.63, 3.8) is 0 Å². The summed E-state index contributed by atoms with van der Waals surface area (Å²) in [4.78, 5) is 47.8. The molecule has 4 amide bonds. The lowest BCUT2D eigenvalue weighted by Crippen LogP contribution is -2.27. The van der Waals surface area contributed by atoms with Gasteiger partial charge in [-0.3, -0.25) is 19.2 Å². The van der Waals surface area contributed by atoms with Crippen molar-refractivity contribution in [1.29, 1.82) is 0 Å². The number of hydrogen-bond acceptors (Lipinski definition) is 4. The average molecular weight is 1040 g/mol. The lowest BCUT2D eigenvalue weighted by Gasteiger charge is -2.22. The maximum absolute atomic E-state index is 12.0. The van der Waals surface area contributed by atoms with Crippen LogP contribution in [0.5, 0.6) is 0 Å². The SMILES string of the molecule is [2H]c1c(C)c(Cl)cc2c1CC1=C2C([2H])([2H])C([2H])([2H])C([2H])([2H])C1C(N)=O.[2H]c1c(C)ccc2c1C1=C(C2)C(C(N)=O)C([2H])([2H])C([2H])([2H])C1([2H])[2H].[2H]c1c(Cl)c(C)cc2c1C1=C(C2)C(C(N)=O)C([2H])([2H])C([2H])([2H])C1([2H])[2H].[2H]c1c(Cl)cc(C)c2c1C1=C(C2)C(C(N)=O)C([2H])([2H])C([2H])([2H])C1([2H])[2H]. The molecule has 8 nitrogen and oxygen atoms in total. The van der Waals surface area contributed by atoms with E-state index >= 15 is 0 Å². The van der Waals surface area contributed by atoms with Gasteiger partial charge in [0.1, 0.15) is 0 Å². The Hall–Kier alpha value is -5.41. The number of halogens is 3. The fourth-order valence-electron chi connectivity index (χ4n) is 9.59. The van der Waals surface area contributed by atoms with Crippen LogP contribution < -0.4 is 22.9 Å². The Morgan fingerprint density at radius 2 is 0.930 bits per heavy atom. The first kappa shape index (κ1) is 26.5. The standard InChI is InChI=1S/3C15H16ClNO.C15H17NO/c2*1-8-5-9-6-13-10(12(9)7-14(8)16)3-2-4-11(13)15(17)18;1-8-5-9(16)6-13-10-3-2-4-11(15(17)18)14(10)7-12(8)13;1-9-5-6-10-8-14-11(13(10)7-9)3-2-4-12(14)15(16)17/h2*5,7,11H,2-4,6H2,1H3,(H2,17,18);5-6,11H,2-4,7H2,1H3,(H2,17,18);5-7,12H,2-4,8H2,1H3,(H2,16,17)/i2D2,3D2,4D2,7D;2D2,3D2,4D2,5D;2D2,3D2,4D2,6D;2D2,3D2,4D2,7D. The quantitative estimate of drug-likeness (QED) is 0.159. The van der Waals surface area contributed by atoms with Gasteiger partial charge in [0, 0.05) is 48.0 Å². The van der Waals surface area contributed by atoms with E-state index in [2.05, 4.69) is 0 Å². The zero-order chi connectivity index (χ0) is 75.6. The van der Waals surface area contributed by atoms with E-state index in [-0.39, 0.29) is 132 Å². The zero-order valence-electron chi connectivity index (χ0n) is 66.6. The minimum atomic E-state index is -3.02. The fraction of sp³-hybridized carbons (Fsp3) is 0.400. The second kappa shape index (κ2) is 20.6. The Balaban J connectivity index is 0.000000154. The van der Waals surface area contributed by atoms with E-state index in [9.17, 15) is 19.2 Å². The fourth-order valence-corrected chi connectivity index (χ4v) is 10.2. The lowest BCUT2D eigenvalue weighted by atomic mass is 9.82. The molecule has 4 atom stereocenters. The first-order valence-electron chi connectivity index (χ1n) is 36.2. The molecule has 0 saturated heterocycles. The number of carbonyl (C=O) groups is 4. The highest BCUT2D eigenvalue weighted by molar-refractivity contribution is 6.32. The molecule has 4 aromatic rings. The van der Waals surface area contributed by atoms with Crippen molar-refractivity contribution in [3.8, 4) is 0 Å². The molecule has 0 aromatic heterocycles. The van der Waals surface area contributed by atoms with Gasteiger partial charge in [0.2, 0.25) is 23.6 Å². The van der Waals surface area contributed by atoms with Gasteiger partial charge in [-0.15, -0.1) is 0 Å². The van der Waals surface area contributed by atoms with E-state index in [1.54, 1.807) is 52.0 Å². The van der Waals surface area contributed by atoms with Crippen LogP contribution in [0.2, 0.25) is 15.1 Å². The molecule has 0 radical (unpaired) electrons. The molecule has 0 fully saturated rings. The molecule has 8 aliphatic rings. The molecule has 8 N–H and O–H groups in total. The number of fused-ring (bicyclic) bond motifs is 8. The van der Waals surface area contributed by atoms with Gasteiger partial charge in [-0.2, -0.15) is 0 Å². The van der Waals surface area contributed by atoms with E-state index < -0.39 is 124 Å². The maximum Gasteiger partial charge on any atom is 0.224 e.